The fourth-order valence-electron chi connectivity index (χ4n) is 1.67. The molecule has 0 aromatic carbocycles. The van der Waals surface area contributed by atoms with E-state index in [1.165, 1.54) is 19.1 Å². The van der Waals surface area contributed by atoms with Crippen LogP contribution in [-0.4, -0.2) is 34.3 Å². The second-order valence-electron chi connectivity index (χ2n) is 5.04. The molecule has 0 spiro atoms. The zero-order valence-electron chi connectivity index (χ0n) is 11.7. The molecule has 1 unspecified atom stereocenters. The topological polar surface area (TPSA) is 71.3 Å². The molecular weight excluding hydrogens is 289 g/mol. The van der Waals surface area contributed by atoms with Crippen LogP contribution in [0.5, 0.6) is 0 Å². The molecule has 0 aliphatic heterocycles. The van der Waals surface area contributed by atoms with Crippen LogP contribution in [0.2, 0.25) is 0 Å². The average molecular weight is 306 g/mol. The molecule has 0 aliphatic rings. The number of carbonyl (C=O) groups excluding carboxylic acids is 1. The third-order valence-electron chi connectivity index (χ3n) is 3.35. The molecule has 1 rings (SSSR count). The number of rotatable bonds is 6. The van der Waals surface area contributed by atoms with Crippen LogP contribution in [0.25, 0.3) is 0 Å². The summed E-state index contributed by atoms with van der Waals surface area (Å²) in [4.78, 5) is 23.0. The predicted molar refractivity (Wildman–Crippen MR) is 68.9 cm³/mol. The van der Waals surface area contributed by atoms with Crippen molar-refractivity contribution in [3.05, 3.63) is 24.0 Å². The Morgan fingerprint density at radius 1 is 1.38 bits per heavy atom. The third-order valence-corrected chi connectivity index (χ3v) is 3.35. The van der Waals surface area contributed by atoms with Crippen molar-refractivity contribution in [3.63, 3.8) is 0 Å². The standard InChI is InChI=1S/C13H17F3N2O3/c1-3-12(2,11(20)21)7-17-10(19)9-5-4-6-18(9)8-13(14,15)16/h4-6H,3,7-8H2,1-2H3,(H,17,19)(H,20,21). The molecular formula is C13H17F3N2O3. The first kappa shape index (κ1) is 17.1. The van der Waals surface area contributed by atoms with E-state index in [0.717, 1.165) is 10.8 Å². The molecule has 118 valence electrons. The van der Waals surface area contributed by atoms with Crippen LogP contribution in [0.15, 0.2) is 18.3 Å². The minimum absolute atomic E-state index is 0.156. The van der Waals surface area contributed by atoms with Crippen LogP contribution in [0.4, 0.5) is 13.2 Å². The van der Waals surface area contributed by atoms with Crippen molar-refractivity contribution in [2.75, 3.05) is 6.54 Å². The molecule has 0 bridgehead atoms. The van der Waals surface area contributed by atoms with Gasteiger partial charge in [0.05, 0.1) is 5.41 Å². The number of nitrogens with one attached hydrogen (secondary N) is 1. The van der Waals surface area contributed by atoms with Gasteiger partial charge in [0.1, 0.15) is 12.2 Å². The number of carboxylic acid groups (broad SMARTS) is 1. The number of alkyl halides is 3. The minimum atomic E-state index is -4.44. The summed E-state index contributed by atoms with van der Waals surface area (Å²) in [5.41, 5.74) is -1.31. The largest absolute Gasteiger partial charge is 0.481 e. The van der Waals surface area contributed by atoms with E-state index in [1.807, 2.05) is 0 Å². The molecule has 1 heterocycles. The van der Waals surface area contributed by atoms with E-state index in [9.17, 15) is 22.8 Å². The van der Waals surface area contributed by atoms with Crippen molar-refractivity contribution in [3.8, 4) is 0 Å². The Bertz CT molecular complexity index is 525. The van der Waals surface area contributed by atoms with E-state index in [-0.39, 0.29) is 18.7 Å². The lowest BCUT2D eigenvalue weighted by Gasteiger charge is -2.23. The molecule has 1 atom stereocenters. The minimum Gasteiger partial charge on any atom is -0.481 e. The maximum Gasteiger partial charge on any atom is 0.406 e. The fourth-order valence-corrected chi connectivity index (χ4v) is 1.67. The number of carbonyl (C=O) groups is 2. The first-order valence-corrected chi connectivity index (χ1v) is 6.32. The fraction of sp³-hybridized carbons (Fsp3) is 0.538. The number of carboxylic acids is 1. The number of halogens is 3. The normalized spacial score (nSPS) is 14.5. The second-order valence-corrected chi connectivity index (χ2v) is 5.04. The molecule has 0 aliphatic carbocycles. The van der Waals surface area contributed by atoms with Gasteiger partial charge >= 0.3 is 12.1 Å². The van der Waals surface area contributed by atoms with Crippen LogP contribution < -0.4 is 5.32 Å². The molecule has 5 nitrogen and oxygen atoms in total. The van der Waals surface area contributed by atoms with Gasteiger partial charge in [-0.3, -0.25) is 9.59 Å². The van der Waals surface area contributed by atoms with Gasteiger partial charge < -0.3 is 15.0 Å². The van der Waals surface area contributed by atoms with Gasteiger partial charge in [0.25, 0.3) is 5.91 Å². The zero-order chi connectivity index (χ0) is 16.3. The Balaban J connectivity index is 2.78. The molecule has 1 amide bonds. The summed E-state index contributed by atoms with van der Waals surface area (Å²) in [6, 6.07) is 2.59. The van der Waals surface area contributed by atoms with Crippen LogP contribution >= 0.6 is 0 Å². The van der Waals surface area contributed by atoms with Crippen molar-refractivity contribution >= 4 is 11.9 Å². The molecule has 0 saturated heterocycles. The maximum absolute atomic E-state index is 12.4. The molecule has 0 saturated carbocycles. The monoisotopic (exact) mass is 306 g/mol. The highest BCUT2D eigenvalue weighted by Crippen LogP contribution is 2.21. The van der Waals surface area contributed by atoms with Crippen molar-refractivity contribution in [2.24, 2.45) is 5.41 Å². The Hall–Kier alpha value is -1.99. The SMILES string of the molecule is CCC(C)(CNC(=O)c1cccn1CC(F)(F)F)C(=O)O. The van der Waals surface area contributed by atoms with Crippen molar-refractivity contribution < 1.29 is 27.9 Å². The molecule has 2 N–H and O–H groups in total. The Morgan fingerprint density at radius 2 is 2.00 bits per heavy atom. The number of aliphatic carboxylic acids is 1. The Labute approximate surface area is 119 Å². The highest BCUT2D eigenvalue weighted by atomic mass is 19.4. The van der Waals surface area contributed by atoms with Gasteiger partial charge in [-0.1, -0.05) is 6.92 Å². The zero-order valence-corrected chi connectivity index (χ0v) is 11.7. The summed E-state index contributed by atoms with van der Waals surface area (Å²) in [6.07, 6.45) is -3.00. The summed E-state index contributed by atoms with van der Waals surface area (Å²) < 4.78 is 37.9. The van der Waals surface area contributed by atoms with Crippen molar-refractivity contribution in [1.82, 2.24) is 9.88 Å². The number of aromatic nitrogens is 1. The van der Waals surface area contributed by atoms with Crippen LogP contribution in [-0.2, 0) is 11.3 Å². The van der Waals surface area contributed by atoms with E-state index in [1.54, 1.807) is 6.92 Å². The predicted octanol–water partition coefficient (Wildman–Crippen LogP) is 2.28. The first-order chi connectivity index (χ1) is 9.59. The summed E-state index contributed by atoms with van der Waals surface area (Å²) in [5.74, 6) is -1.80. The number of amides is 1. The van der Waals surface area contributed by atoms with E-state index in [4.69, 9.17) is 5.11 Å². The molecule has 0 fully saturated rings. The van der Waals surface area contributed by atoms with E-state index in [0.29, 0.717) is 0 Å². The van der Waals surface area contributed by atoms with Crippen molar-refractivity contribution in [2.45, 2.75) is 33.0 Å². The molecule has 21 heavy (non-hydrogen) atoms. The van der Waals surface area contributed by atoms with Crippen LogP contribution in [0.3, 0.4) is 0 Å². The van der Waals surface area contributed by atoms with Crippen LogP contribution in [0, 0.1) is 5.41 Å². The highest BCUT2D eigenvalue weighted by molar-refractivity contribution is 5.93. The number of nitrogens with zero attached hydrogens (tertiary/aromatic N) is 1. The lowest BCUT2D eigenvalue weighted by atomic mass is 9.88. The lowest BCUT2D eigenvalue weighted by Crippen LogP contribution is -2.41. The van der Waals surface area contributed by atoms with Gasteiger partial charge in [0.2, 0.25) is 0 Å². The third kappa shape index (κ3) is 4.51. The van der Waals surface area contributed by atoms with Gasteiger partial charge in [-0.25, -0.2) is 0 Å². The Kier molecular flexibility index (Phi) is 5.03. The maximum atomic E-state index is 12.4. The summed E-state index contributed by atoms with van der Waals surface area (Å²) in [6.45, 7) is 1.69. The van der Waals surface area contributed by atoms with E-state index < -0.39 is 30.0 Å². The van der Waals surface area contributed by atoms with Gasteiger partial charge in [-0.2, -0.15) is 13.2 Å². The van der Waals surface area contributed by atoms with Gasteiger partial charge in [-0.05, 0) is 25.5 Å². The summed E-state index contributed by atoms with van der Waals surface area (Å²) in [5, 5.41) is 11.5. The lowest BCUT2D eigenvalue weighted by molar-refractivity contribution is -0.147. The summed E-state index contributed by atoms with van der Waals surface area (Å²) in [7, 11) is 0. The molecule has 0 radical (unpaired) electrons. The Morgan fingerprint density at radius 3 is 2.48 bits per heavy atom. The van der Waals surface area contributed by atoms with Gasteiger partial charge in [0.15, 0.2) is 0 Å². The van der Waals surface area contributed by atoms with E-state index in [2.05, 4.69) is 5.32 Å². The van der Waals surface area contributed by atoms with Gasteiger partial charge in [-0.15, -0.1) is 0 Å². The molecule has 1 aromatic rings. The van der Waals surface area contributed by atoms with Gasteiger partial charge in [0, 0.05) is 12.7 Å². The first-order valence-electron chi connectivity index (χ1n) is 6.32. The highest BCUT2D eigenvalue weighted by Gasteiger charge is 2.33. The number of hydrogen-bond acceptors (Lipinski definition) is 2. The second kappa shape index (κ2) is 6.19. The summed E-state index contributed by atoms with van der Waals surface area (Å²) >= 11 is 0. The smallest absolute Gasteiger partial charge is 0.406 e. The quantitative estimate of drug-likeness (QED) is 0.847. The molecule has 8 heteroatoms. The number of hydrogen-bond donors (Lipinski definition) is 2. The van der Waals surface area contributed by atoms with E-state index >= 15 is 0 Å². The molecule has 1 aromatic heterocycles. The van der Waals surface area contributed by atoms with Crippen molar-refractivity contribution in [1.29, 1.82) is 0 Å². The van der Waals surface area contributed by atoms with Crippen LogP contribution in [0.1, 0.15) is 30.8 Å². The average Bonchev–Trinajstić information content (AvgIpc) is 2.81.